The van der Waals surface area contributed by atoms with Crippen molar-refractivity contribution in [3.63, 3.8) is 0 Å². The number of benzene rings is 2. The molecule has 0 atom stereocenters. The van der Waals surface area contributed by atoms with Crippen molar-refractivity contribution >= 4 is 0 Å². The smallest absolute Gasteiger partial charge is 0.0558 e. The van der Waals surface area contributed by atoms with E-state index in [2.05, 4.69) is 48.5 Å². The molecular weight excluding hydrogens is 356 g/mol. The molecule has 2 rings (SSSR count). The maximum atomic E-state index is 9.12. The van der Waals surface area contributed by atoms with Crippen molar-refractivity contribution in [2.45, 2.75) is 13.1 Å². The standard InChI is InChI=1S/C22H32N2O4/c25-13-9-23(10-14-26)17-19-1-5-21(6-2-19)22-7-3-20(4-8-22)18-24(11-15-27)12-16-28/h1-8,25-28H,9-18H2. The van der Waals surface area contributed by atoms with Gasteiger partial charge in [-0.2, -0.15) is 0 Å². The monoisotopic (exact) mass is 388 g/mol. The molecule has 0 aromatic heterocycles. The molecule has 6 nitrogen and oxygen atoms in total. The van der Waals surface area contributed by atoms with Crippen LogP contribution in [0.4, 0.5) is 0 Å². The lowest BCUT2D eigenvalue weighted by atomic mass is 10.0. The Morgan fingerprint density at radius 1 is 0.464 bits per heavy atom. The topological polar surface area (TPSA) is 87.4 Å². The van der Waals surface area contributed by atoms with Crippen LogP contribution in [0.1, 0.15) is 11.1 Å². The van der Waals surface area contributed by atoms with Crippen LogP contribution in [0, 0.1) is 0 Å². The molecule has 0 aliphatic carbocycles. The Balaban J connectivity index is 1.99. The van der Waals surface area contributed by atoms with E-state index in [1.807, 2.05) is 9.80 Å². The van der Waals surface area contributed by atoms with Crippen LogP contribution in [0.25, 0.3) is 11.1 Å². The molecule has 2 aromatic rings. The fraction of sp³-hybridized carbons (Fsp3) is 0.455. The van der Waals surface area contributed by atoms with Gasteiger partial charge in [0.2, 0.25) is 0 Å². The van der Waals surface area contributed by atoms with Gasteiger partial charge in [0.1, 0.15) is 0 Å². The summed E-state index contributed by atoms with van der Waals surface area (Å²) in [4.78, 5) is 4.04. The number of hydrogen-bond acceptors (Lipinski definition) is 6. The molecule has 0 saturated heterocycles. The number of aliphatic hydroxyl groups is 4. The third-order valence-electron chi connectivity index (χ3n) is 4.72. The first-order chi connectivity index (χ1) is 13.7. The summed E-state index contributed by atoms with van der Waals surface area (Å²) in [5, 5.41) is 36.5. The highest BCUT2D eigenvalue weighted by atomic mass is 16.3. The van der Waals surface area contributed by atoms with Gasteiger partial charge in [0, 0.05) is 39.3 Å². The van der Waals surface area contributed by atoms with Gasteiger partial charge in [0.05, 0.1) is 26.4 Å². The molecule has 0 aliphatic heterocycles. The molecule has 0 radical (unpaired) electrons. The summed E-state index contributed by atoms with van der Waals surface area (Å²) in [5.41, 5.74) is 4.55. The molecule has 28 heavy (non-hydrogen) atoms. The largest absolute Gasteiger partial charge is 0.395 e. The predicted molar refractivity (Wildman–Crippen MR) is 111 cm³/mol. The molecule has 2 aromatic carbocycles. The van der Waals surface area contributed by atoms with Crippen molar-refractivity contribution in [3.05, 3.63) is 59.7 Å². The fourth-order valence-corrected chi connectivity index (χ4v) is 3.23. The Labute approximate surface area is 167 Å². The summed E-state index contributed by atoms with van der Waals surface area (Å²) < 4.78 is 0. The molecular formula is C22H32N2O4. The van der Waals surface area contributed by atoms with Crippen molar-refractivity contribution < 1.29 is 20.4 Å². The third kappa shape index (κ3) is 7.31. The Kier molecular flexibility index (Phi) is 10.1. The minimum atomic E-state index is 0.0818. The van der Waals surface area contributed by atoms with Crippen LogP contribution < -0.4 is 0 Å². The van der Waals surface area contributed by atoms with E-state index in [9.17, 15) is 0 Å². The second kappa shape index (κ2) is 12.6. The highest BCUT2D eigenvalue weighted by Gasteiger charge is 2.07. The highest BCUT2D eigenvalue weighted by Crippen LogP contribution is 2.21. The van der Waals surface area contributed by atoms with Crippen LogP contribution in [-0.4, -0.2) is 82.8 Å². The van der Waals surface area contributed by atoms with Crippen molar-refractivity contribution in [2.75, 3.05) is 52.6 Å². The second-order valence-electron chi connectivity index (χ2n) is 6.84. The van der Waals surface area contributed by atoms with Gasteiger partial charge in [-0.05, 0) is 22.3 Å². The summed E-state index contributed by atoms with van der Waals surface area (Å²) in [6, 6.07) is 16.7. The first kappa shape index (κ1) is 22.5. The number of hydrogen-bond donors (Lipinski definition) is 4. The summed E-state index contributed by atoms with van der Waals surface area (Å²) in [5.74, 6) is 0. The van der Waals surface area contributed by atoms with Gasteiger partial charge in [-0.25, -0.2) is 0 Å². The summed E-state index contributed by atoms with van der Waals surface area (Å²) >= 11 is 0. The predicted octanol–water partition coefficient (Wildman–Crippen LogP) is 0.927. The van der Waals surface area contributed by atoms with Crippen molar-refractivity contribution in [1.29, 1.82) is 0 Å². The zero-order chi connectivity index (χ0) is 20.2. The molecule has 0 saturated carbocycles. The Morgan fingerprint density at radius 3 is 1.00 bits per heavy atom. The number of nitrogens with zero attached hydrogens (tertiary/aromatic N) is 2. The van der Waals surface area contributed by atoms with Crippen molar-refractivity contribution in [2.24, 2.45) is 0 Å². The molecule has 0 bridgehead atoms. The fourth-order valence-electron chi connectivity index (χ4n) is 3.23. The third-order valence-corrected chi connectivity index (χ3v) is 4.72. The van der Waals surface area contributed by atoms with Gasteiger partial charge in [0.25, 0.3) is 0 Å². The average Bonchev–Trinajstić information content (AvgIpc) is 2.70. The molecule has 6 heteroatoms. The van der Waals surface area contributed by atoms with E-state index >= 15 is 0 Å². The molecule has 4 N–H and O–H groups in total. The summed E-state index contributed by atoms with van der Waals surface area (Å²) in [7, 11) is 0. The van der Waals surface area contributed by atoms with Crippen LogP contribution in [0.5, 0.6) is 0 Å². The number of aliphatic hydroxyl groups excluding tert-OH is 4. The maximum Gasteiger partial charge on any atom is 0.0558 e. The normalized spacial score (nSPS) is 11.5. The van der Waals surface area contributed by atoms with E-state index in [0.717, 1.165) is 22.3 Å². The maximum absolute atomic E-state index is 9.12. The Bertz CT molecular complexity index is 590. The van der Waals surface area contributed by atoms with Crippen LogP contribution in [0.3, 0.4) is 0 Å². The quantitative estimate of drug-likeness (QED) is 0.408. The zero-order valence-corrected chi connectivity index (χ0v) is 16.4. The lowest BCUT2D eigenvalue weighted by Gasteiger charge is -2.20. The molecule has 0 spiro atoms. The van der Waals surface area contributed by atoms with Gasteiger partial charge in [-0.3, -0.25) is 9.80 Å². The van der Waals surface area contributed by atoms with Gasteiger partial charge >= 0.3 is 0 Å². The molecule has 0 heterocycles. The van der Waals surface area contributed by atoms with Gasteiger partial charge in [0.15, 0.2) is 0 Å². The summed E-state index contributed by atoms with van der Waals surface area (Å²) in [6.45, 7) is 3.92. The Morgan fingerprint density at radius 2 is 0.750 bits per heavy atom. The first-order valence-electron chi connectivity index (χ1n) is 9.76. The SMILES string of the molecule is OCCN(CCO)Cc1ccc(-c2ccc(CN(CCO)CCO)cc2)cc1. The summed E-state index contributed by atoms with van der Waals surface area (Å²) in [6.07, 6.45) is 0. The average molecular weight is 389 g/mol. The van der Waals surface area contributed by atoms with Crippen LogP contribution in [0.2, 0.25) is 0 Å². The molecule has 0 fully saturated rings. The van der Waals surface area contributed by atoms with Crippen LogP contribution >= 0.6 is 0 Å². The van der Waals surface area contributed by atoms with E-state index in [0.29, 0.717) is 39.3 Å². The molecule has 0 unspecified atom stereocenters. The Hall–Kier alpha value is -1.80. The van der Waals surface area contributed by atoms with E-state index in [-0.39, 0.29) is 26.4 Å². The molecule has 0 amide bonds. The van der Waals surface area contributed by atoms with Gasteiger partial charge in [-0.15, -0.1) is 0 Å². The lowest BCUT2D eigenvalue weighted by Crippen LogP contribution is -2.29. The van der Waals surface area contributed by atoms with Crippen molar-refractivity contribution in [3.8, 4) is 11.1 Å². The van der Waals surface area contributed by atoms with E-state index < -0.39 is 0 Å². The zero-order valence-electron chi connectivity index (χ0n) is 16.4. The molecule has 0 aliphatic rings. The van der Waals surface area contributed by atoms with Crippen LogP contribution in [0.15, 0.2) is 48.5 Å². The van der Waals surface area contributed by atoms with E-state index in [4.69, 9.17) is 20.4 Å². The minimum absolute atomic E-state index is 0.0818. The van der Waals surface area contributed by atoms with Gasteiger partial charge < -0.3 is 20.4 Å². The van der Waals surface area contributed by atoms with Crippen molar-refractivity contribution in [1.82, 2.24) is 9.80 Å². The van der Waals surface area contributed by atoms with E-state index in [1.165, 1.54) is 0 Å². The molecule has 154 valence electrons. The minimum Gasteiger partial charge on any atom is -0.395 e. The van der Waals surface area contributed by atoms with Crippen LogP contribution in [-0.2, 0) is 13.1 Å². The van der Waals surface area contributed by atoms with E-state index in [1.54, 1.807) is 0 Å². The second-order valence-corrected chi connectivity index (χ2v) is 6.84. The first-order valence-corrected chi connectivity index (χ1v) is 9.76. The lowest BCUT2D eigenvalue weighted by molar-refractivity contribution is 0.155. The number of rotatable bonds is 13. The highest BCUT2D eigenvalue weighted by molar-refractivity contribution is 5.63. The van der Waals surface area contributed by atoms with Gasteiger partial charge in [-0.1, -0.05) is 48.5 Å².